The molecule has 0 fully saturated rings. The van der Waals surface area contributed by atoms with Crippen molar-refractivity contribution in [1.29, 1.82) is 0 Å². The number of nitrogens with zero attached hydrogens (tertiary/aromatic N) is 5. The van der Waals surface area contributed by atoms with Crippen molar-refractivity contribution in [2.24, 2.45) is 5.92 Å². The van der Waals surface area contributed by atoms with Crippen LogP contribution in [0, 0.1) is 12.8 Å². The maximum absolute atomic E-state index is 12.4. The van der Waals surface area contributed by atoms with Gasteiger partial charge >= 0.3 is 0 Å². The van der Waals surface area contributed by atoms with Crippen LogP contribution in [0.3, 0.4) is 0 Å². The summed E-state index contributed by atoms with van der Waals surface area (Å²) in [6, 6.07) is 6.12. The Balaban J connectivity index is 1.54. The molecule has 2 aliphatic heterocycles. The molecule has 4 rings (SSSR count). The van der Waals surface area contributed by atoms with Crippen molar-refractivity contribution in [3.05, 3.63) is 35.4 Å². The number of amides is 1. The van der Waals surface area contributed by atoms with Gasteiger partial charge in [-0.3, -0.25) is 9.69 Å². The second kappa shape index (κ2) is 6.15. The fourth-order valence-electron chi connectivity index (χ4n) is 3.53. The van der Waals surface area contributed by atoms with Gasteiger partial charge in [0.15, 0.2) is 0 Å². The number of fused-ring (bicyclic) bond motifs is 2. The van der Waals surface area contributed by atoms with Gasteiger partial charge in [0.2, 0.25) is 5.91 Å². The minimum atomic E-state index is -0.127. The third-order valence-corrected chi connectivity index (χ3v) is 5.05. The van der Waals surface area contributed by atoms with Gasteiger partial charge in [0.05, 0.1) is 24.8 Å². The Labute approximate surface area is 147 Å². The van der Waals surface area contributed by atoms with E-state index in [4.69, 9.17) is 4.74 Å². The molecular weight excluding hydrogens is 318 g/mol. The quantitative estimate of drug-likeness (QED) is 0.830. The van der Waals surface area contributed by atoms with Crippen molar-refractivity contribution in [3.8, 4) is 5.75 Å². The van der Waals surface area contributed by atoms with E-state index in [1.54, 1.807) is 4.90 Å². The molecule has 1 amide bonds. The van der Waals surface area contributed by atoms with Crippen molar-refractivity contribution < 1.29 is 9.53 Å². The highest BCUT2D eigenvalue weighted by Gasteiger charge is 2.26. The minimum absolute atomic E-state index is 0.0949. The average molecular weight is 341 g/mol. The van der Waals surface area contributed by atoms with Gasteiger partial charge < -0.3 is 14.2 Å². The number of ether oxygens (including phenoxy) is 1. The van der Waals surface area contributed by atoms with Crippen LogP contribution in [0.4, 0.5) is 5.69 Å². The van der Waals surface area contributed by atoms with Gasteiger partial charge in [-0.05, 0) is 24.6 Å². The van der Waals surface area contributed by atoms with Crippen LogP contribution >= 0.6 is 0 Å². The molecule has 7 nitrogen and oxygen atoms in total. The van der Waals surface area contributed by atoms with E-state index in [0.29, 0.717) is 6.61 Å². The average Bonchev–Trinajstić information content (AvgIpc) is 2.94. The summed E-state index contributed by atoms with van der Waals surface area (Å²) >= 11 is 0. The maximum atomic E-state index is 12.4. The monoisotopic (exact) mass is 341 g/mol. The Hall–Kier alpha value is -2.41. The Morgan fingerprint density at radius 2 is 2.12 bits per heavy atom. The molecule has 3 heterocycles. The van der Waals surface area contributed by atoms with E-state index in [0.717, 1.165) is 49.3 Å². The first kappa shape index (κ1) is 16.1. The number of aryl methyl sites for hydroxylation is 1. The summed E-state index contributed by atoms with van der Waals surface area (Å²) in [6.07, 6.45) is 0. The molecule has 7 heteroatoms. The van der Waals surface area contributed by atoms with Crippen LogP contribution < -0.4 is 9.64 Å². The lowest BCUT2D eigenvalue weighted by molar-refractivity contribution is -0.122. The van der Waals surface area contributed by atoms with Gasteiger partial charge in [0.1, 0.15) is 17.4 Å². The molecule has 0 aliphatic carbocycles. The maximum Gasteiger partial charge on any atom is 0.233 e. The third-order valence-electron chi connectivity index (χ3n) is 5.05. The van der Waals surface area contributed by atoms with Gasteiger partial charge in [-0.25, -0.2) is 0 Å². The predicted molar refractivity (Wildman–Crippen MR) is 93.4 cm³/mol. The van der Waals surface area contributed by atoms with E-state index in [-0.39, 0.29) is 11.8 Å². The van der Waals surface area contributed by atoms with Crippen LogP contribution in [-0.4, -0.2) is 45.8 Å². The second-order valence-electron chi connectivity index (χ2n) is 6.94. The molecule has 1 aromatic heterocycles. The highest BCUT2D eigenvalue weighted by Crippen LogP contribution is 2.33. The summed E-state index contributed by atoms with van der Waals surface area (Å²) in [6.45, 7) is 7.81. The number of benzene rings is 1. The fourth-order valence-corrected chi connectivity index (χ4v) is 3.53. The van der Waals surface area contributed by atoms with E-state index in [9.17, 15) is 4.79 Å². The summed E-state index contributed by atoms with van der Waals surface area (Å²) in [5, 5.41) is 8.42. The zero-order valence-electron chi connectivity index (χ0n) is 14.9. The Bertz CT molecular complexity index is 816. The van der Waals surface area contributed by atoms with Crippen LogP contribution in [0.2, 0.25) is 0 Å². The zero-order chi connectivity index (χ0) is 17.6. The smallest absolute Gasteiger partial charge is 0.233 e. The molecule has 132 valence electrons. The summed E-state index contributed by atoms with van der Waals surface area (Å²) in [4.78, 5) is 16.4. The lowest BCUT2D eigenvalue weighted by Gasteiger charge is -2.28. The summed E-state index contributed by atoms with van der Waals surface area (Å²) < 4.78 is 7.97. The molecule has 0 saturated heterocycles. The molecule has 0 saturated carbocycles. The molecule has 0 radical (unpaired) electrons. The van der Waals surface area contributed by atoms with Crippen LogP contribution in [0.15, 0.2) is 18.2 Å². The van der Waals surface area contributed by atoms with Crippen molar-refractivity contribution in [2.45, 2.75) is 33.5 Å². The molecule has 1 aromatic carbocycles. The molecule has 2 aliphatic rings. The summed E-state index contributed by atoms with van der Waals surface area (Å²) in [5.74, 6) is 2.74. The number of hydrogen-bond donors (Lipinski definition) is 0. The largest absolute Gasteiger partial charge is 0.491 e. The second-order valence-corrected chi connectivity index (χ2v) is 6.94. The first-order valence-electron chi connectivity index (χ1n) is 8.67. The van der Waals surface area contributed by atoms with Crippen molar-refractivity contribution in [2.75, 3.05) is 25.1 Å². The van der Waals surface area contributed by atoms with E-state index < -0.39 is 0 Å². The Kier molecular flexibility index (Phi) is 3.95. The molecular formula is C18H23N5O2. The molecule has 2 aromatic rings. The minimum Gasteiger partial charge on any atom is -0.491 e. The first-order valence-corrected chi connectivity index (χ1v) is 8.67. The Morgan fingerprint density at radius 1 is 1.28 bits per heavy atom. The van der Waals surface area contributed by atoms with Gasteiger partial charge in [-0.1, -0.05) is 13.0 Å². The topological polar surface area (TPSA) is 63.5 Å². The zero-order valence-corrected chi connectivity index (χ0v) is 14.9. The molecule has 0 unspecified atom stereocenters. The van der Waals surface area contributed by atoms with E-state index in [2.05, 4.69) is 31.8 Å². The summed E-state index contributed by atoms with van der Waals surface area (Å²) in [5.41, 5.74) is 2.02. The normalized spacial score (nSPS) is 20.7. The van der Waals surface area contributed by atoms with Crippen LogP contribution in [0.25, 0.3) is 0 Å². The number of anilines is 1. The number of carbonyl (C=O) groups is 1. The van der Waals surface area contributed by atoms with Crippen LogP contribution in [0.1, 0.15) is 24.1 Å². The van der Waals surface area contributed by atoms with Gasteiger partial charge in [-0.2, -0.15) is 0 Å². The Morgan fingerprint density at radius 3 is 2.96 bits per heavy atom. The standard InChI is InChI=1S/C18H23N5O2/c1-12-11-25-16-5-4-14(8-15(16)21(3)18(12)24)9-22-6-7-23-13(2)19-20-17(23)10-22/h4-5,8,12H,6-7,9-11H2,1-3H3/t12-/m0/s1. The summed E-state index contributed by atoms with van der Waals surface area (Å²) in [7, 11) is 1.82. The SMILES string of the molecule is Cc1nnc2n1CCN(Cc1ccc3c(c1)N(C)C(=O)[C@@H](C)CO3)C2. The highest BCUT2D eigenvalue weighted by atomic mass is 16.5. The van der Waals surface area contributed by atoms with Crippen LogP contribution in [0.5, 0.6) is 5.75 Å². The van der Waals surface area contributed by atoms with Gasteiger partial charge in [-0.15, -0.1) is 10.2 Å². The number of aromatic nitrogens is 3. The lowest BCUT2D eigenvalue weighted by atomic mass is 10.1. The highest BCUT2D eigenvalue weighted by molar-refractivity contribution is 5.96. The number of hydrogen-bond acceptors (Lipinski definition) is 5. The van der Waals surface area contributed by atoms with E-state index in [1.165, 1.54) is 5.56 Å². The number of rotatable bonds is 2. The fraction of sp³-hybridized carbons (Fsp3) is 0.500. The van der Waals surface area contributed by atoms with Crippen LogP contribution in [-0.2, 0) is 24.4 Å². The van der Waals surface area contributed by atoms with Crippen molar-refractivity contribution in [3.63, 3.8) is 0 Å². The predicted octanol–water partition coefficient (Wildman–Crippen LogP) is 1.59. The third kappa shape index (κ3) is 2.89. The van der Waals surface area contributed by atoms with Gasteiger partial charge in [0, 0.05) is 26.7 Å². The molecule has 25 heavy (non-hydrogen) atoms. The van der Waals surface area contributed by atoms with Gasteiger partial charge in [0.25, 0.3) is 0 Å². The van der Waals surface area contributed by atoms with Crippen molar-refractivity contribution >= 4 is 11.6 Å². The molecule has 0 spiro atoms. The van der Waals surface area contributed by atoms with E-state index in [1.807, 2.05) is 27.0 Å². The lowest BCUT2D eigenvalue weighted by Crippen LogP contribution is -2.34. The molecule has 0 bridgehead atoms. The molecule has 1 atom stereocenters. The first-order chi connectivity index (χ1) is 12.0. The van der Waals surface area contributed by atoms with E-state index >= 15 is 0 Å². The number of carbonyl (C=O) groups excluding carboxylic acids is 1. The molecule has 0 N–H and O–H groups in total. The van der Waals surface area contributed by atoms with Crippen molar-refractivity contribution in [1.82, 2.24) is 19.7 Å².